The molecule has 0 saturated carbocycles. The number of nitrogens with one attached hydrogen (secondary N) is 1. The zero-order valence-corrected chi connectivity index (χ0v) is 16.1. The summed E-state index contributed by atoms with van der Waals surface area (Å²) < 4.78 is 33.2. The van der Waals surface area contributed by atoms with E-state index in [4.69, 9.17) is 27.9 Å². The van der Waals surface area contributed by atoms with Crippen LogP contribution in [-0.2, 0) is 10.0 Å². The van der Waals surface area contributed by atoms with Crippen molar-refractivity contribution in [1.82, 2.24) is 0 Å². The lowest BCUT2D eigenvalue weighted by Crippen LogP contribution is -2.13. The van der Waals surface area contributed by atoms with Gasteiger partial charge in [-0.1, -0.05) is 48.3 Å². The van der Waals surface area contributed by atoms with E-state index in [2.05, 4.69) is 4.72 Å². The second-order valence-electron chi connectivity index (χ2n) is 5.62. The predicted octanol–water partition coefficient (Wildman–Crippen LogP) is 6.53. The summed E-state index contributed by atoms with van der Waals surface area (Å²) in [5.74, 6) is 1.30. The van der Waals surface area contributed by atoms with Gasteiger partial charge < -0.3 is 4.74 Å². The van der Waals surface area contributed by atoms with Crippen molar-refractivity contribution in [3.63, 3.8) is 0 Å². The third-order valence-corrected chi connectivity index (χ3v) is 5.64. The Morgan fingerprint density at radius 3 is 2.00 bits per heavy atom. The van der Waals surface area contributed by atoms with Crippen LogP contribution in [0.15, 0.2) is 71.6 Å². The molecule has 3 aromatic carbocycles. The van der Waals surface area contributed by atoms with E-state index in [-0.39, 0.29) is 22.4 Å². The molecular weight excluding hydrogens is 405 g/mol. The SMILES string of the molecule is C.Cc1ccc(Oc2ccc(NS(=O)(=O)c3cc(Cl)ccc3Cl)cc2)cc1. The van der Waals surface area contributed by atoms with Crippen LogP contribution in [0.25, 0.3) is 0 Å². The molecule has 0 aliphatic heterocycles. The molecule has 0 amide bonds. The maximum atomic E-state index is 12.5. The van der Waals surface area contributed by atoms with Crippen LogP contribution >= 0.6 is 23.2 Å². The number of hydrogen-bond donors (Lipinski definition) is 1. The van der Waals surface area contributed by atoms with Gasteiger partial charge in [-0.05, 0) is 61.5 Å². The van der Waals surface area contributed by atoms with E-state index in [9.17, 15) is 8.42 Å². The maximum absolute atomic E-state index is 12.5. The Morgan fingerprint density at radius 2 is 1.41 bits per heavy atom. The Bertz CT molecular complexity index is 1020. The molecule has 142 valence electrons. The van der Waals surface area contributed by atoms with Crippen molar-refractivity contribution in [3.05, 3.63) is 82.3 Å². The lowest BCUT2D eigenvalue weighted by atomic mass is 10.2. The Hall–Kier alpha value is -2.21. The first-order chi connectivity index (χ1) is 12.3. The highest BCUT2D eigenvalue weighted by Crippen LogP contribution is 2.28. The first-order valence-electron chi connectivity index (χ1n) is 7.66. The van der Waals surface area contributed by atoms with E-state index >= 15 is 0 Å². The highest BCUT2D eigenvalue weighted by atomic mass is 35.5. The van der Waals surface area contributed by atoms with Crippen molar-refractivity contribution in [3.8, 4) is 11.5 Å². The minimum Gasteiger partial charge on any atom is -0.457 e. The topological polar surface area (TPSA) is 55.4 Å². The number of anilines is 1. The molecule has 0 saturated heterocycles. The van der Waals surface area contributed by atoms with E-state index in [1.807, 2.05) is 31.2 Å². The van der Waals surface area contributed by atoms with E-state index in [0.29, 0.717) is 17.2 Å². The molecule has 0 unspecified atom stereocenters. The lowest BCUT2D eigenvalue weighted by molar-refractivity contribution is 0.482. The van der Waals surface area contributed by atoms with Gasteiger partial charge >= 0.3 is 0 Å². The lowest BCUT2D eigenvalue weighted by Gasteiger charge is -2.11. The Balaban J connectivity index is 0.00000261. The smallest absolute Gasteiger partial charge is 0.263 e. The standard InChI is InChI=1S/C19H15Cl2NO3S.CH4/c1-13-2-7-16(8-3-13)25-17-9-5-15(6-10-17)22-26(23,24)19-12-14(20)4-11-18(19)21;/h2-12,22H,1H3;1H4. The fourth-order valence-corrected chi connectivity index (χ4v) is 4.05. The van der Waals surface area contributed by atoms with Gasteiger partial charge in [0.2, 0.25) is 0 Å². The molecule has 0 radical (unpaired) electrons. The Morgan fingerprint density at radius 1 is 0.852 bits per heavy atom. The Labute approximate surface area is 169 Å². The van der Waals surface area contributed by atoms with Gasteiger partial charge in [0, 0.05) is 10.7 Å². The maximum Gasteiger partial charge on any atom is 0.263 e. The number of sulfonamides is 1. The predicted molar refractivity (Wildman–Crippen MR) is 112 cm³/mol. The second-order valence-corrected chi connectivity index (χ2v) is 8.11. The number of rotatable bonds is 5. The molecule has 0 heterocycles. The number of aryl methyl sites for hydroxylation is 1. The second kappa shape index (κ2) is 8.65. The van der Waals surface area contributed by atoms with Gasteiger partial charge in [0.1, 0.15) is 16.4 Å². The first kappa shape index (κ1) is 21.1. The normalized spacial score (nSPS) is 10.8. The van der Waals surface area contributed by atoms with Gasteiger partial charge in [-0.15, -0.1) is 0 Å². The minimum atomic E-state index is -3.85. The van der Waals surface area contributed by atoms with E-state index in [1.165, 1.54) is 18.2 Å². The van der Waals surface area contributed by atoms with E-state index < -0.39 is 10.0 Å². The molecular formula is C20H19Cl2NO3S. The minimum absolute atomic E-state index is 0. The summed E-state index contributed by atoms with van der Waals surface area (Å²) in [6, 6.07) is 18.5. The van der Waals surface area contributed by atoms with Gasteiger partial charge in [-0.3, -0.25) is 4.72 Å². The molecule has 0 aromatic heterocycles. The average Bonchev–Trinajstić information content (AvgIpc) is 2.60. The highest BCUT2D eigenvalue weighted by Gasteiger charge is 2.18. The molecule has 0 aliphatic carbocycles. The van der Waals surface area contributed by atoms with Crippen LogP contribution < -0.4 is 9.46 Å². The van der Waals surface area contributed by atoms with Crippen molar-refractivity contribution in [1.29, 1.82) is 0 Å². The number of halogens is 2. The summed E-state index contributed by atoms with van der Waals surface area (Å²) in [5.41, 5.74) is 1.53. The summed E-state index contributed by atoms with van der Waals surface area (Å²) in [7, 11) is -3.85. The van der Waals surface area contributed by atoms with Crippen LogP contribution in [0.1, 0.15) is 13.0 Å². The average molecular weight is 424 g/mol. The number of hydrogen-bond acceptors (Lipinski definition) is 3. The van der Waals surface area contributed by atoms with Crippen molar-refractivity contribution < 1.29 is 13.2 Å². The molecule has 0 aliphatic rings. The highest BCUT2D eigenvalue weighted by molar-refractivity contribution is 7.92. The quantitative estimate of drug-likeness (QED) is 0.507. The van der Waals surface area contributed by atoms with Crippen LogP contribution in [0, 0.1) is 6.92 Å². The zero-order valence-electron chi connectivity index (χ0n) is 13.7. The Kier molecular flexibility index (Phi) is 6.76. The molecule has 3 aromatic rings. The molecule has 27 heavy (non-hydrogen) atoms. The van der Waals surface area contributed by atoms with Crippen LogP contribution in [-0.4, -0.2) is 8.42 Å². The van der Waals surface area contributed by atoms with Crippen LogP contribution in [0.5, 0.6) is 11.5 Å². The zero-order chi connectivity index (χ0) is 18.7. The fraction of sp³-hybridized carbons (Fsp3) is 0.100. The van der Waals surface area contributed by atoms with Gasteiger partial charge in [-0.25, -0.2) is 8.42 Å². The van der Waals surface area contributed by atoms with Crippen molar-refractivity contribution in [2.45, 2.75) is 19.2 Å². The van der Waals surface area contributed by atoms with Crippen molar-refractivity contribution >= 4 is 38.9 Å². The van der Waals surface area contributed by atoms with Gasteiger partial charge in [0.05, 0.1) is 5.02 Å². The van der Waals surface area contributed by atoms with E-state index in [1.54, 1.807) is 24.3 Å². The van der Waals surface area contributed by atoms with Crippen molar-refractivity contribution in [2.24, 2.45) is 0 Å². The molecule has 7 heteroatoms. The number of ether oxygens (including phenoxy) is 1. The fourth-order valence-electron chi connectivity index (χ4n) is 2.23. The van der Waals surface area contributed by atoms with Crippen molar-refractivity contribution in [2.75, 3.05) is 4.72 Å². The van der Waals surface area contributed by atoms with Crippen LogP contribution in [0.3, 0.4) is 0 Å². The van der Waals surface area contributed by atoms with Gasteiger partial charge in [0.15, 0.2) is 0 Å². The first-order valence-corrected chi connectivity index (χ1v) is 9.90. The molecule has 0 atom stereocenters. The van der Waals surface area contributed by atoms with Crippen LogP contribution in [0.2, 0.25) is 10.0 Å². The van der Waals surface area contributed by atoms with Gasteiger partial charge in [0.25, 0.3) is 10.0 Å². The largest absolute Gasteiger partial charge is 0.457 e. The molecule has 3 rings (SSSR count). The summed E-state index contributed by atoms with van der Waals surface area (Å²) in [5, 5.41) is 0.387. The van der Waals surface area contributed by atoms with Crippen LogP contribution in [0.4, 0.5) is 5.69 Å². The summed E-state index contributed by atoms with van der Waals surface area (Å²) in [6.07, 6.45) is 0. The summed E-state index contributed by atoms with van der Waals surface area (Å²) in [4.78, 5) is -0.0772. The molecule has 4 nitrogen and oxygen atoms in total. The monoisotopic (exact) mass is 423 g/mol. The molecule has 0 spiro atoms. The molecule has 0 bridgehead atoms. The molecule has 0 fully saturated rings. The van der Waals surface area contributed by atoms with E-state index in [0.717, 1.165) is 5.56 Å². The van der Waals surface area contributed by atoms with Gasteiger partial charge in [-0.2, -0.15) is 0 Å². The summed E-state index contributed by atoms with van der Waals surface area (Å²) in [6.45, 7) is 2.00. The molecule has 1 N–H and O–H groups in total. The third-order valence-electron chi connectivity index (χ3n) is 3.55. The number of benzene rings is 3. The summed E-state index contributed by atoms with van der Waals surface area (Å²) >= 11 is 11.8. The third kappa shape index (κ3) is 5.39.